The zero-order valence-corrected chi connectivity index (χ0v) is 14.2. The lowest BCUT2D eigenvalue weighted by molar-refractivity contribution is -0.116. The average molecular weight is 329 g/mol. The van der Waals surface area contributed by atoms with E-state index in [9.17, 15) is 4.79 Å². The molecule has 1 heterocycles. The Bertz CT molecular complexity index is 488. The van der Waals surface area contributed by atoms with Crippen molar-refractivity contribution in [3.05, 3.63) is 18.2 Å². The van der Waals surface area contributed by atoms with Crippen molar-refractivity contribution in [2.24, 2.45) is 0 Å². The van der Waals surface area contributed by atoms with Crippen LogP contribution in [-0.2, 0) is 4.79 Å². The maximum atomic E-state index is 12.2. The van der Waals surface area contributed by atoms with Crippen molar-refractivity contribution in [2.75, 3.05) is 19.0 Å². The first-order valence-corrected chi connectivity index (χ1v) is 7.46. The normalized spacial score (nSPS) is 17.0. The van der Waals surface area contributed by atoms with Gasteiger partial charge in [-0.2, -0.15) is 0 Å². The van der Waals surface area contributed by atoms with Crippen LogP contribution in [0.5, 0.6) is 11.5 Å². The van der Waals surface area contributed by atoms with Gasteiger partial charge in [-0.05, 0) is 45.4 Å². The smallest absolute Gasteiger partial charge is 0.226 e. The maximum absolute atomic E-state index is 12.2. The highest BCUT2D eigenvalue weighted by atomic mass is 35.5. The van der Waals surface area contributed by atoms with Crippen LogP contribution in [0.4, 0.5) is 5.69 Å². The third-order valence-electron chi connectivity index (χ3n) is 3.42. The van der Waals surface area contributed by atoms with Gasteiger partial charge < -0.3 is 20.1 Å². The number of hydrogen-bond acceptors (Lipinski definition) is 4. The predicted octanol–water partition coefficient (Wildman–Crippen LogP) is 2.98. The van der Waals surface area contributed by atoms with Gasteiger partial charge in [0.15, 0.2) is 0 Å². The van der Waals surface area contributed by atoms with Gasteiger partial charge in [0.2, 0.25) is 5.91 Å². The number of anilines is 1. The summed E-state index contributed by atoms with van der Waals surface area (Å²) in [7, 11) is 1.60. The van der Waals surface area contributed by atoms with Crippen LogP contribution in [0.2, 0.25) is 0 Å². The fraction of sp³-hybridized carbons (Fsp3) is 0.562. The first-order valence-electron chi connectivity index (χ1n) is 7.46. The van der Waals surface area contributed by atoms with Gasteiger partial charge in [0.1, 0.15) is 11.5 Å². The Morgan fingerprint density at radius 3 is 2.82 bits per heavy atom. The number of rotatable bonds is 6. The summed E-state index contributed by atoms with van der Waals surface area (Å²) in [5.74, 6) is 1.36. The highest BCUT2D eigenvalue weighted by molar-refractivity contribution is 5.93. The molecular formula is C16H25ClN2O3. The second-order valence-electron chi connectivity index (χ2n) is 5.57. The van der Waals surface area contributed by atoms with Gasteiger partial charge >= 0.3 is 0 Å². The molecule has 0 bridgehead atoms. The maximum Gasteiger partial charge on any atom is 0.226 e. The monoisotopic (exact) mass is 328 g/mol. The lowest BCUT2D eigenvalue weighted by Crippen LogP contribution is -2.27. The van der Waals surface area contributed by atoms with Crippen LogP contribution in [0.15, 0.2) is 18.2 Å². The second-order valence-corrected chi connectivity index (χ2v) is 5.57. The van der Waals surface area contributed by atoms with E-state index >= 15 is 0 Å². The highest BCUT2D eigenvalue weighted by Gasteiger charge is 2.19. The number of ether oxygens (including phenoxy) is 2. The number of methoxy groups -OCH3 is 1. The third kappa shape index (κ3) is 5.39. The topological polar surface area (TPSA) is 59.6 Å². The molecule has 1 aromatic carbocycles. The number of amides is 1. The van der Waals surface area contributed by atoms with Gasteiger partial charge in [-0.15, -0.1) is 12.4 Å². The summed E-state index contributed by atoms with van der Waals surface area (Å²) in [5, 5.41) is 6.26. The van der Waals surface area contributed by atoms with E-state index in [1.54, 1.807) is 13.2 Å². The number of benzene rings is 1. The molecule has 1 unspecified atom stereocenters. The van der Waals surface area contributed by atoms with Crippen molar-refractivity contribution >= 4 is 24.0 Å². The Hall–Kier alpha value is -1.46. The van der Waals surface area contributed by atoms with Crippen molar-refractivity contribution in [1.82, 2.24) is 5.32 Å². The molecule has 0 aliphatic carbocycles. The van der Waals surface area contributed by atoms with E-state index in [0.29, 0.717) is 23.6 Å². The molecule has 1 amide bonds. The Kier molecular flexibility index (Phi) is 7.48. The summed E-state index contributed by atoms with van der Waals surface area (Å²) in [6.45, 7) is 4.91. The van der Waals surface area contributed by atoms with Gasteiger partial charge in [-0.1, -0.05) is 0 Å². The molecule has 0 spiro atoms. The molecule has 6 heteroatoms. The van der Waals surface area contributed by atoms with E-state index in [1.807, 2.05) is 26.0 Å². The molecule has 1 saturated heterocycles. The molecule has 1 aliphatic heterocycles. The van der Waals surface area contributed by atoms with Crippen molar-refractivity contribution < 1.29 is 14.3 Å². The summed E-state index contributed by atoms with van der Waals surface area (Å²) in [6, 6.07) is 5.72. The van der Waals surface area contributed by atoms with Gasteiger partial charge in [0.25, 0.3) is 0 Å². The minimum absolute atomic E-state index is 0. The molecule has 1 atom stereocenters. The van der Waals surface area contributed by atoms with Crippen LogP contribution in [0.1, 0.15) is 33.1 Å². The SMILES string of the molecule is COc1ccc(OC(C)C)c(NC(=O)CC2CCCN2)c1.Cl. The Morgan fingerprint density at radius 2 is 2.23 bits per heavy atom. The standard InChI is InChI=1S/C16H24N2O3.ClH/c1-11(2)21-15-7-6-13(20-3)10-14(15)18-16(19)9-12-5-4-8-17-12;/h6-7,10-12,17H,4-5,8-9H2,1-3H3,(H,18,19);1H. The van der Waals surface area contributed by atoms with Gasteiger partial charge in [-0.3, -0.25) is 4.79 Å². The molecular weight excluding hydrogens is 304 g/mol. The lowest BCUT2D eigenvalue weighted by atomic mass is 10.1. The first-order chi connectivity index (χ1) is 10.1. The number of carbonyl (C=O) groups is 1. The Morgan fingerprint density at radius 1 is 1.45 bits per heavy atom. The Balaban J connectivity index is 0.00000242. The van der Waals surface area contributed by atoms with Crippen LogP contribution in [0.3, 0.4) is 0 Å². The van der Waals surface area contributed by atoms with Crippen LogP contribution >= 0.6 is 12.4 Å². The molecule has 0 saturated carbocycles. The van der Waals surface area contributed by atoms with Crippen LogP contribution < -0.4 is 20.1 Å². The third-order valence-corrected chi connectivity index (χ3v) is 3.42. The number of nitrogens with one attached hydrogen (secondary N) is 2. The van der Waals surface area contributed by atoms with Crippen LogP contribution in [0, 0.1) is 0 Å². The number of carbonyl (C=O) groups excluding carboxylic acids is 1. The van der Waals surface area contributed by atoms with Crippen molar-refractivity contribution in [2.45, 2.75) is 45.3 Å². The van der Waals surface area contributed by atoms with Gasteiger partial charge in [0.05, 0.1) is 18.9 Å². The molecule has 5 nitrogen and oxygen atoms in total. The minimum atomic E-state index is -0.00346. The highest BCUT2D eigenvalue weighted by Crippen LogP contribution is 2.30. The van der Waals surface area contributed by atoms with Crippen molar-refractivity contribution in [3.8, 4) is 11.5 Å². The largest absolute Gasteiger partial charge is 0.497 e. The molecule has 2 rings (SSSR count). The fourth-order valence-electron chi connectivity index (χ4n) is 2.45. The quantitative estimate of drug-likeness (QED) is 0.843. The predicted molar refractivity (Wildman–Crippen MR) is 90.3 cm³/mol. The minimum Gasteiger partial charge on any atom is -0.497 e. The van der Waals surface area contributed by atoms with Crippen LogP contribution in [-0.4, -0.2) is 31.7 Å². The zero-order chi connectivity index (χ0) is 15.2. The molecule has 0 radical (unpaired) electrons. The van der Waals surface area contributed by atoms with E-state index < -0.39 is 0 Å². The zero-order valence-electron chi connectivity index (χ0n) is 13.3. The van der Waals surface area contributed by atoms with E-state index in [-0.39, 0.29) is 30.5 Å². The van der Waals surface area contributed by atoms with E-state index in [4.69, 9.17) is 9.47 Å². The number of halogens is 1. The summed E-state index contributed by atoms with van der Waals surface area (Å²) in [6.07, 6.45) is 2.73. The molecule has 1 fully saturated rings. The lowest BCUT2D eigenvalue weighted by Gasteiger charge is -2.17. The van der Waals surface area contributed by atoms with Crippen LogP contribution in [0.25, 0.3) is 0 Å². The molecule has 1 aromatic rings. The first kappa shape index (κ1) is 18.6. The van der Waals surface area contributed by atoms with Crippen molar-refractivity contribution in [3.63, 3.8) is 0 Å². The summed E-state index contributed by atoms with van der Waals surface area (Å²) < 4.78 is 10.9. The summed E-state index contributed by atoms with van der Waals surface area (Å²) >= 11 is 0. The van der Waals surface area contributed by atoms with E-state index in [1.165, 1.54) is 0 Å². The fourth-order valence-corrected chi connectivity index (χ4v) is 2.45. The summed E-state index contributed by atoms with van der Waals surface area (Å²) in [5.41, 5.74) is 0.658. The Labute approximate surface area is 138 Å². The van der Waals surface area contributed by atoms with E-state index in [2.05, 4.69) is 10.6 Å². The molecule has 2 N–H and O–H groups in total. The molecule has 1 aliphatic rings. The number of hydrogen-bond donors (Lipinski definition) is 2. The van der Waals surface area contributed by atoms with E-state index in [0.717, 1.165) is 19.4 Å². The second kappa shape index (κ2) is 8.86. The molecule has 22 heavy (non-hydrogen) atoms. The van der Waals surface area contributed by atoms with Crippen molar-refractivity contribution in [1.29, 1.82) is 0 Å². The van der Waals surface area contributed by atoms with Gasteiger partial charge in [0, 0.05) is 18.5 Å². The molecule has 124 valence electrons. The van der Waals surface area contributed by atoms with Gasteiger partial charge in [-0.25, -0.2) is 0 Å². The molecule has 0 aromatic heterocycles. The average Bonchev–Trinajstić information content (AvgIpc) is 2.93. The summed E-state index contributed by atoms with van der Waals surface area (Å²) in [4.78, 5) is 12.2.